The van der Waals surface area contributed by atoms with Gasteiger partial charge in [0.1, 0.15) is 11.8 Å². The summed E-state index contributed by atoms with van der Waals surface area (Å²) in [5.41, 5.74) is 0.562. The van der Waals surface area contributed by atoms with Crippen LogP contribution in [0.4, 0.5) is 0 Å². The first-order valence-electron chi connectivity index (χ1n) is 11.0. The smallest absolute Gasteiger partial charge is 0.241 e. The van der Waals surface area contributed by atoms with Crippen molar-refractivity contribution in [3.8, 4) is 11.3 Å². The number of hydrogen-bond donors (Lipinski definition) is 1. The molecule has 1 saturated carbocycles. The fourth-order valence-electron chi connectivity index (χ4n) is 3.75. The summed E-state index contributed by atoms with van der Waals surface area (Å²) < 4.78 is 6.05. The molecule has 162 valence electrons. The monoisotopic (exact) mass is 411 g/mol. The zero-order chi connectivity index (χ0) is 21.6. The average Bonchev–Trinajstić information content (AvgIpc) is 3.44. The zero-order valence-electron chi connectivity index (χ0n) is 18.3. The van der Waals surface area contributed by atoms with Gasteiger partial charge in [-0.05, 0) is 39.8 Å². The van der Waals surface area contributed by atoms with Crippen molar-refractivity contribution in [3.05, 3.63) is 42.4 Å². The van der Waals surface area contributed by atoms with Crippen molar-refractivity contribution in [1.29, 1.82) is 0 Å². The number of oxazole rings is 1. The Morgan fingerprint density at radius 3 is 2.53 bits per heavy atom. The first-order valence-corrected chi connectivity index (χ1v) is 11.0. The van der Waals surface area contributed by atoms with Crippen molar-refractivity contribution < 1.29 is 14.0 Å². The molecule has 1 aliphatic rings. The van der Waals surface area contributed by atoms with Crippen LogP contribution in [0.2, 0.25) is 0 Å². The van der Waals surface area contributed by atoms with Crippen molar-refractivity contribution in [2.24, 2.45) is 0 Å². The van der Waals surface area contributed by atoms with Crippen molar-refractivity contribution >= 4 is 11.7 Å². The van der Waals surface area contributed by atoms with E-state index in [9.17, 15) is 9.59 Å². The Balaban J connectivity index is 1.67. The number of amides is 1. The van der Waals surface area contributed by atoms with Gasteiger partial charge in [-0.25, -0.2) is 4.98 Å². The highest BCUT2D eigenvalue weighted by molar-refractivity contribution is 5.89. The lowest BCUT2D eigenvalue weighted by Gasteiger charge is -2.25. The molecule has 0 spiro atoms. The number of carbonyl (C=O) groups is 2. The molecule has 1 aliphatic carbocycles. The lowest BCUT2D eigenvalue weighted by Crippen LogP contribution is -2.46. The quantitative estimate of drug-likeness (QED) is 0.520. The molecule has 6 heteroatoms. The van der Waals surface area contributed by atoms with Crippen molar-refractivity contribution in [3.63, 3.8) is 0 Å². The highest BCUT2D eigenvalue weighted by Crippen LogP contribution is 2.41. The molecule has 0 aliphatic heterocycles. The molecule has 2 aromatic rings. The number of hydrogen-bond acceptors (Lipinski definition) is 5. The molecule has 1 fully saturated rings. The Hall–Kier alpha value is -2.47. The number of aromatic nitrogens is 1. The van der Waals surface area contributed by atoms with E-state index in [4.69, 9.17) is 4.42 Å². The van der Waals surface area contributed by atoms with E-state index < -0.39 is 5.54 Å². The highest BCUT2D eigenvalue weighted by Gasteiger charge is 2.52. The van der Waals surface area contributed by atoms with Gasteiger partial charge in [-0.3, -0.25) is 14.5 Å². The van der Waals surface area contributed by atoms with E-state index >= 15 is 0 Å². The van der Waals surface area contributed by atoms with Gasteiger partial charge in [0.2, 0.25) is 11.8 Å². The Kier molecular flexibility index (Phi) is 7.43. The third kappa shape index (κ3) is 5.36. The van der Waals surface area contributed by atoms with Crippen LogP contribution in [0, 0.1) is 0 Å². The minimum absolute atomic E-state index is 0.0399. The summed E-state index contributed by atoms with van der Waals surface area (Å²) in [6.07, 6.45) is 8.18. The van der Waals surface area contributed by atoms with Gasteiger partial charge >= 0.3 is 0 Å². The topological polar surface area (TPSA) is 75.4 Å². The van der Waals surface area contributed by atoms with E-state index in [2.05, 4.69) is 10.3 Å². The maximum atomic E-state index is 13.0. The molecule has 30 heavy (non-hydrogen) atoms. The predicted molar refractivity (Wildman–Crippen MR) is 117 cm³/mol. The lowest BCUT2D eigenvalue weighted by atomic mass is 10.0. The molecule has 0 saturated heterocycles. The van der Waals surface area contributed by atoms with Crippen LogP contribution in [0.5, 0.6) is 0 Å². The van der Waals surface area contributed by atoms with Gasteiger partial charge in [0.15, 0.2) is 5.76 Å². The van der Waals surface area contributed by atoms with E-state index in [1.807, 2.05) is 56.3 Å². The molecule has 3 rings (SSSR count). The summed E-state index contributed by atoms with van der Waals surface area (Å²) in [6, 6.07) is 9.57. The molecule has 1 amide bonds. The predicted octanol–water partition coefficient (Wildman–Crippen LogP) is 4.52. The molecule has 1 heterocycles. The van der Waals surface area contributed by atoms with Crippen LogP contribution in [-0.4, -0.2) is 41.2 Å². The van der Waals surface area contributed by atoms with Gasteiger partial charge in [0, 0.05) is 18.4 Å². The molecule has 1 aromatic heterocycles. The fourth-order valence-corrected chi connectivity index (χ4v) is 3.75. The number of unbranched alkanes of at least 4 members (excludes halogenated alkanes) is 2. The molecule has 0 bridgehead atoms. The van der Waals surface area contributed by atoms with Gasteiger partial charge in [-0.2, -0.15) is 0 Å². The molecule has 6 nitrogen and oxygen atoms in total. The maximum absolute atomic E-state index is 13.0. The van der Waals surface area contributed by atoms with E-state index in [1.165, 1.54) is 0 Å². The summed E-state index contributed by atoms with van der Waals surface area (Å²) in [5, 5.41) is 3.19. The van der Waals surface area contributed by atoms with Crippen molar-refractivity contribution in [2.75, 3.05) is 14.1 Å². The second-order valence-electron chi connectivity index (χ2n) is 8.37. The van der Waals surface area contributed by atoms with Crippen molar-refractivity contribution in [2.45, 2.75) is 69.9 Å². The van der Waals surface area contributed by atoms with Crippen LogP contribution in [0.25, 0.3) is 11.3 Å². The van der Waals surface area contributed by atoms with Crippen LogP contribution in [0.1, 0.15) is 70.2 Å². The van der Waals surface area contributed by atoms with Crippen LogP contribution < -0.4 is 5.32 Å². The number of nitrogens with one attached hydrogen (secondary N) is 1. The first kappa shape index (κ1) is 22.2. The number of likely N-dealkylation sites (N-methyl/N-ethyl adjacent to an activating group) is 1. The van der Waals surface area contributed by atoms with Gasteiger partial charge < -0.3 is 9.73 Å². The van der Waals surface area contributed by atoms with Crippen LogP contribution in [0.15, 0.2) is 40.9 Å². The Bertz CT molecular complexity index is 840. The molecule has 1 atom stereocenters. The molecule has 1 N–H and O–H groups in total. The first-order chi connectivity index (χ1) is 14.5. The van der Waals surface area contributed by atoms with Crippen LogP contribution in [0.3, 0.4) is 0 Å². The second-order valence-corrected chi connectivity index (χ2v) is 8.37. The summed E-state index contributed by atoms with van der Waals surface area (Å²) in [5.74, 6) is 1.59. The third-order valence-corrected chi connectivity index (χ3v) is 6.03. The molecule has 0 radical (unpaired) electrons. The largest absolute Gasteiger partial charge is 0.438 e. The number of Topliss-reactive ketones (excluding diaryl/α,β-unsaturated/α-hetero) is 1. The average molecular weight is 412 g/mol. The van der Waals surface area contributed by atoms with Gasteiger partial charge in [0.25, 0.3) is 0 Å². The van der Waals surface area contributed by atoms with Crippen LogP contribution in [-0.2, 0) is 9.59 Å². The summed E-state index contributed by atoms with van der Waals surface area (Å²) in [7, 11) is 3.90. The molecular formula is C24H33N3O3. The SMILES string of the molecule is CCC(=O)CCCCC[C@H](NC(=O)C1(N(C)C)CC1)c1ncc(-c2ccccc2)o1. The summed E-state index contributed by atoms with van der Waals surface area (Å²) in [4.78, 5) is 31.0. The number of nitrogens with zero attached hydrogens (tertiary/aromatic N) is 2. The number of ketones is 1. The van der Waals surface area contributed by atoms with E-state index in [0.29, 0.717) is 30.3 Å². The number of carbonyl (C=O) groups excluding carboxylic acids is 2. The normalized spacial score (nSPS) is 15.7. The second kappa shape index (κ2) is 10.0. The Morgan fingerprint density at radius 1 is 1.17 bits per heavy atom. The lowest BCUT2D eigenvalue weighted by molar-refractivity contribution is -0.128. The van der Waals surface area contributed by atoms with Gasteiger partial charge in [0.05, 0.1) is 11.7 Å². The highest BCUT2D eigenvalue weighted by atomic mass is 16.4. The number of benzene rings is 1. The fraction of sp³-hybridized carbons (Fsp3) is 0.542. The van der Waals surface area contributed by atoms with Gasteiger partial charge in [-0.15, -0.1) is 0 Å². The minimum atomic E-state index is -0.402. The standard InChI is InChI=1S/C24H33N3O3/c1-4-19(28)13-9-6-10-14-20(26-23(29)24(15-16-24)27(2)3)22-25-17-21(30-22)18-11-7-5-8-12-18/h5,7-8,11-12,17,20H,4,6,9-10,13-16H2,1-3H3,(H,26,29)/t20-/m0/s1. The Labute approximate surface area is 179 Å². The molecular weight excluding hydrogens is 378 g/mol. The van der Waals surface area contributed by atoms with E-state index in [-0.39, 0.29) is 11.9 Å². The van der Waals surface area contributed by atoms with Gasteiger partial charge in [-0.1, -0.05) is 50.1 Å². The molecule has 0 unspecified atom stereocenters. The molecule has 1 aromatic carbocycles. The van der Waals surface area contributed by atoms with E-state index in [0.717, 1.165) is 44.1 Å². The Morgan fingerprint density at radius 2 is 1.90 bits per heavy atom. The van der Waals surface area contributed by atoms with Crippen molar-refractivity contribution in [1.82, 2.24) is 15.2 Å². The van der Waals surface area contributed by atoms with Crippen LogP contribution >= 0.6 is 0 Å². The summed E-state index contributed by atoms with van der Waals surface area (Å²) >= 11 is 0. The van der Waals surface area contributed by atoms with E-state index in [1.54, 1.807) is 6.20 Å². The zero-order valence-corrected chi connectivity index (χ0v) is 18.3. The summed E-state index contributed by atoms with van der Waals surface area (Å²) in [6.45, 7) is 1.90. The minimum Gasteiger partial charge on any atom is -0.438 e. The maximum Gasteiger partial charge on any atom is 0.241 e. The third-order valence-electron chi connectivity index (χ3n) is 6.03. The number of rotatable bonds is 12.